The number of piperidine rings is 1. The molecule has 0 bridgehead atoms. The van der Waals surface area contributed by atoms with Crippen molar-refractivity contribution in [3.8, 4) is 5.75 Å². The highest BCUT2D eigenvalue weighted by molar-refractivity contribution is 9.10. The second-order valence-electron chi connectivity index (χ2n) is 4.69. The molecule has 1 fully saturated rings. The molecule has 2 rings (SSSR count). The average molecular weight is 335 g/mol. The number of halogens is 2. The molecule has 1 saturated heterocycles. The molecule has 4 heteroatoms. The largest absolute Gasteiger partial charge is 0.494 e. The van der Waals surface area contributed by atoms with Crippen LogP contribution >= 0.6 is 28.3 Å². The zero-order valence-corrected chi connectivity index (χ0v) is 13.1. The maximum Gasteiger partial charge on any atom is 0.119 e. The first-order valence-electron chi connectivity index (χ1n) is 6.38. The fraction of sp³-hybridized carbons (Fsp3) is 0.571. The van der Waals surface area contributed by atoms with Gasteiger partial charge in [-0.3, -0.25) is 0 Å². The Morgan fingerprint density at radius 1 is 1.39 bits per heavy atom. The Balaban J connectivity index is 0.00000162. The van der Waals surface area contributed by atoms with Crippen LogP contribution in [0.5, 0.6) is 5.75 Å². The standard InChI is InChI=1S/C14H20BrNO.ClH/c1-11-10-13(5-6-14(11)15)17-9-7-12-4-2-3-8-16-12;/h5-6,10,12,16H,2-4,7-9H2,1H3;1H. The first kappa shape index (κ1) is 15.8. The third-order valence-electron chi connectivity index (χ3n) is 3.28. The van der Waals surface area contributed by atoms with Crippen molar-refractivity contribution in [2.75, 3.05) is 13.2 Å². The van der Waals surface area contributed by atoms with Gasteiger partial charge in [0.1, 0.15) is 5.75 Å². The van der Waals surface area contributed by atoms with E-state index in [1.54, 1.807) is 0 Å². The van der Waals surface area contributed by atoms with Gasteiger partial charge in [0.05, 0.1) is 6.61 Å². The molecule has 0 radical (unpaired) electrons. The fourth-order valence-electron chi connectivity index (χ4n) is 2.20. The van der Waals surface area contributed by atoms with Crippen LogP contribution in [0.15, 0.2) is 22.7 Å². The minimum atomic E-state index is 0. The van der Waals surface area contributed by atoms with Crippen LogP contribution in [0.3, 0.4) is 0 Å². The SMILES string of the molecule is Cc1cc(OCCC2CCCCN2)ccc1Br.Cl. The number of benzene rings is 1. The van der Waals surface area contributed by atoms with Crippen molar-refractivity contribution in [1.82, 2.24) is 5.32 Å². The number of hydrogen-bond acceptors (Lipinski definition) is 2. The van der Waals surface area contributed by atoms with Gasteiger partial charge in [0.15, 0.2) is 0 Å². The van der Waals surface area contributed by atoms with Crippen LogP contribution in [0.2, 0.25) is 0 Å². The molecule has 1 atom stereocenters. The van der Waals surface area contributed by atoms with E-state index in [0.717, 1.165) is 23.2 Å². The van der Waals surface area contributed by atoms with E-state index >= 15 is 0 Å². The molecule has 0 amide bonds. The maximum atomic E-state index is 5.78. The summed E-state index contributed by atoms with van der Waals surface area (Å²) in [7, 11) is 0. The Morgan fingerprint density at radius 3 is 2.89 bits per heavy atom. The highest BCUT2D eigenvalue weighted by Crippen LogP contribution is 2.22. The summed E-state index contributed by atoms with van der Waals surface area (Å²) in [4.78, 5) is 0. The van der Waals surface area contributed by atoms with Crippen molar-refractivity contribution in [2.45, 2.75) is 38.6 Å². The average Bonchev–Trinajstić information content (AvgIpc) is 2.35. The Hall–Kier alpha value is -0.250. The van der Waals surface area contributed by atoms with Crippen LogP contribution in [0, 0.1) is 6.92 Å². The first-order valence-corrected chi connectivity index (χ1v) is 7.17. The second kappa shape index (κ2) is 8.03. The van der Waals surface area contributed by atoms with E-state index in [4.69, 9.17) is 4.74 Å². The summed E-state index contributed by atoms with van der Waals surface area (Å²) in [6, 6.07) is 6.80. The molecule has 0 saturated carbocycles. The lowest BCUT2D eigenvalue weighted by Crippen LogP contribution is -2.35. The van der Waals surface area contributed by atoms with E-state index in [-0.39, 0.29) is 12.4 Å². The lowest BCUT2D eigenvalue weighted by Gasteiger charge is -2.23. The van der Waals surface area contributed by atoms with Gasteiger partial charge in [0, 0.05) is 10.5 Å². The van der Waals surface area contributed by atoms with Gasteiger partial charge in [-0.15, -0.1) is 12.4 Å². The van der Waals surface area contributed by atoms with E-state index in [9.17, 15) is 0 Å². The normalized spacial score (nSPS) is 19.1. The molecule has 102 valence electrons. The van der Waals surface area contributed by atoms with Crippen LogP contribution in [0.25, 0.3) is 0 Å². The third kappa shape index (κ3) is 4.79. The van der Waals surface area contributed by atoms with E-state index in [1.165, 1.54) is 31.4 Å². The van der Waals surface area contributed by atoms with Crippen molar-refractivity contribution in [3.05, 3.63) is 28.2 Å². The summed E-state index contributed by atoms with van der Waals surface area (Å²) in [6.45, 7) is 4.06. The topological polar surface area (TPSA) is 21.3 Å². The number of nitrogens with one attached hydrogen (secondary N) is 1. The Bertz CT molecular complexity index is 367. The molecule has 1 aliphatic heterocycles. The van der Waals surface area contributed by atoms with Crippen LogP contribution < -0.4 is 10.1 Å². The van der Waals surface area contributed by atoms with Crippen LogP contribution in [0.4, 0.5) is 0 Å². The van der Waals surface area contributed by atoms with Crippen molar-refractivity contribution in [2.24, 2.45) is 0 Å². The molecule has 1 heterocycles. The zero-order chi connectivity index (χ0) is 12.1. The number of rotatable bonds is 4. The molecule has 2 nitrogen and oxygen atoms in total. The van der Waals surface area contributed by atoms with Crippen molar-refractivity contribution in [1.29, 1.82) is 0 Å². The third-order valence-corrected chi connectivity index (χ3v) is 4.17. The van der Waals surface area contributed by atoms with Gasteiger partial charge in [0.25, 0.3) is 0 Å². The second-order valence-corrected chi connectivity index (χ2v) is 5.55. The van der Waals surface area contributed by atoms with E-state index in [1.807, 2.05) is 12.1 Å². The van der Waals surface area contributed by atoms with Gasteiger partial charge in [-0.2, -0.15) is 0 Å². The molecular weight excluding hydrogens is 314 g/mol. The molecule has 1 aromatic rings. The monoisotopic (exact) mass is 333 g/mol. The van der Waals surface area contributed by atoms with Gasteiger partial charge in [-0.1, -0.05) is 22.4 Å². The summed E-state index contributed by atoms with van der Waals surface area (Å²) >= 11 is 3.49. The highest BCUT2D eigenvalue weighted by atomic mass is 79.9. The fourth-order valence-corrected chi connectivity index (χ4v) is 2.44. The lowest BCUT2D eigenvalue weighted by molar-refractivity contribution is 0.268. The van der Waals surface area contributed by atoms with Crippen molar-refractivity contribution < 1.29 is 4.74 Å². The minimum Gasteiger partial charge on any atom is -0.494 e. The summed E-state index contributed by atoms with van der Waals surface area (Å²) in [5.41, 5.74) is 1.22. The van der Waals surface area contributed by atoms with E-state index in [2.05, 4.69) is 34.2 Å². The van der Waals surface area contributed by atoms with Crippen molar-refractivity contribution >= 4 is 28.3 Å². The highest BCUT2D eigenvalue weighted by Gasteiger charge is 2.12. The summed E-state index contributed by atoms with van der Waals surface area (Å²) in [6.07, 6.45) is 5.08. The number of ether oxygens (including phenoxy) is 1. The molecule has 0 aromatic heterocycles. The smallest absolute Gasteiger partial charge is 0.119 e. The lowest BCUT2D eigenvalue weighted by atomic mass is 10.0. The van der Waals surface area contributed by atoms with Crippen LogP contribution in [-0.4, -0.2) is 19.2 Å². The predicted octanol–water partition coefficient (Wildman–Crippen LogP) is 4.09. The maximum absolute atomic E-state index is 5.78. The predicted molar refractivity (Wildman–Crippen MR) is 81.9 cm³/mol. The molecule has 1 aromatic carbocycles. The van der Waals surface area contributed by atoms with Gasteiger partial charge < -0.3 is 10.1 Å². The molecule has 18 heavy (non-hydrogen) atoms. The molecule has 0 aliphatic carbocycles. The summed E-state index contributed by atoms with van der Waals surface area (Å²) in [5, 5.41) is 3.54. The Kier molecular flexibility index (Phi) is 7.05. The number of hydrogen-bond donors (Lipinski definition) is 1. The Morgan fingerprint density at radius 2 is 2.22 bits per heavy atom. The van der Waals surface area contributed by atoms with Crippen LogP contribution in [-0.2, 0) is 0 Å². The quantitative estimate of drug-likeness (QED) is 0.895. The molecular formula is C14H21BrClNO. The summed E-state index contributed by atoms with van der Waals surface area (Å²) in [5.74, 6) is 0.974. The van der Waals surface area contributed by atoms with Crippen LogP contribution in [0.1, 0.15) is 31.2 Å². The minimum absolute atomic E-state index is 0. The molecule has 1 aliphatic rings. The van der Waals surface area contributed by atoms with Crippen molar-refractivity contribution in [3.63, 3.8) is 0 Å². The van der Waals surface area contributed by atoms with Gasteiger partial charge >= 0.3 is 0 Å². The zero-order valence-electron chi connectivity index (χ0n) is 10.7. The van der Waals surface area contributed by atoms with Gasteiger partial charge in [-0.05, 0) is 56.5 Å². The van der Waals surface area contributed by atoms with Gasteiger partial charge in [-0.25, -0.2) is 0 Å². The first-order chi connectivity index (χ1) is 8.25. The van der Waals surface area contributed by atoms with E-state index in [0.29, 0.717) is 6.04 Å². The molecule has 1 N–H and O–H groups in total. The van der Waals surface area contributed by atoms with E-state index < -0.39 is 0 Å². The molecule has 1 unspecified atom stereocenters. The van der Waals surface area contributed by atoms with Gasteiger partial charge in [0.2, 0.25) is 0 Å². The number of aryl methyl sites for hydroxylation is 1. The molecule has 0 spiro atoms. The summed E-state index contributed by atoms with van der Waals surface area (Å²) < 4.78 is 6.92. The Labute approximate surface area is 124 Å².